The van der Waals surface area contributed by atoms with E-state index >= 15 is 0 Å². The molecule has 1 aliphatic rings. The smallest absolute Gasteiger partial charge is 0.338 e. The summed E-state index contributed by atoms with van der Waals surface area (Å²) >= 11 is 0. The molecule has 3 aromatic carbocycles. The Labute approximate surface area is 182 Å². The normalized spacial score (nSPS) is 12.2. The second-order valence-corrected chi connectivity index (χ2v) is 7.13. The zero-order valence-electron chi connectivity index (χ0n) is 17.5. The van der Waals surface area contributed by atoms with Gasteiger partial charge in [-0.1, -0.05) is 24.3 Å². The Morgan fingerprint density at radius 1 is 0.906 bits per heavy atom. The Morgan fingerprint density at radius 2 is 1.56 bits per heavy atom. The Balaban J connectivity index is 2.14. The van der Waals surface area contributed by atoms with E-state index in [-0.39, 0.29) is 62.1 Å². The summed E-state index contributed by atoms with van der Waals surface area (Å²) in [4.78, 5) is 51.1. The summed E-state index contributed by atoms with van der Waals surface area (Å²) in [5.41, 5.74) is 0.573. The lowest BCUT2D eigenvalue weighted by Crippen LogP contribution is -2.22. The molecule has 162 valence electrons. The number of ether oxygens (including phenoxy) is 3. The topological polar surface area (TPSA) is 116 Å². The molecular weight excluding hydrogens is 416 g/mol. The van der Waals surface area contributed by atoms with Crippen LogP contribution in [-0.2, 0) is 20.7 Å². The Bertz CT molecular complexity index is 1340. The number of rotatable bonds is 4. The molecular formula is C24H18O8. The first-order valence-corrected chi connectivity index (χ1v) is 9.57. The quantitative estimate of drug-likeness (QED) is 0.488. The first kappa shape index (κ1) is 21.0. The van der Waals surface area contributed by atoms with Crippen molar-refractivity contribution in [2.45, 2.75) is 6.42 Å². The summed E-state index contributed by atoms with van der Waals surface area (Å²) in [5, 5.41) is 11.0. The molecule has 0 aliphatic heterocycles. The fourth-order valence-corrected chi connectivity index (χ4v) is 4.07. The minimum absolute atomic E-state index is 0.00414. The number of hydrogen-bond acceptors (Lipinski definition) is 8. The van der Waals surface area contributed by atoms with Crippen LogP contribution in [0.2, 0.25) is 0 Å². The van der Waals surface area contributed by atoms with Crippen LogP contribution in [0.15, 0.2) is 36.4 Å². The molecule has 0 unspecified atom stereocenters. The molecule has 3 aromatic rings. The number of carbonyl (C=O) groups is 4. The lowest BCUT2D eigenvalue weighted by atomic mass is 9.81. The molecule has 0 saturated heterocycles. The summed E-state index contributed by atoms with van der Waals surface area (Å²) in [6, 6.07) is 8.96. The van der Waals surface area contributed by atoms with Crippen LogP contribution in [-0.4, -0.2) is 49.9 Å². The van der Waals surface area contributed by atoms with Crippen LogP contribution in [0.5, 0.6) is 11.5 Å². The fraction of sp³-hybridized carbons (Fsp3) is 0.167. The van der Waals surface area contributed by atoms with Gasteiger partial charge >= 0.3 is 11.9 Å². The molecule has 0 radical (unpaired) electrons. The molecule has 0 spiro atoms. The van der Waals surface area contributed by atoms with E-state index in [0.29, 0.717) is 0 Å². The minimum atomic E-state index is -0.786. The number of methoxy groups -OCH3 is 3. The van der Waals surface area contributed by atoms with Gasteiger partial charge in [0.1, 0.15) is 11.5 Å². The summed E-state index contributed by atoms with van der Waals surface area (Å²) in [6.45, 7) is 0. The van der Waals surface area contributed by atoms with E-state index in [1.807, 2.05) is 0 Å². The maximum Gasteiger partial charge on any atom is 0.338 e. The van der Waals surface area contributed by atoms with Crippen molar-refractivity contribution < 1.29 is 38.5 Å². The van der Waals surface area contributed by atoms with Crippen LogP contribution >= 0.6 is 0 Å². The number of phenolic OH excluding ortho intramolecular Hbond substituents is 1. The highest BCUT2D eigenvalue weighted by molar-refractivity contribution is 6.31. The van der Waals surface area contributed by atoms with Gasteiger partial charge in [-0.2, -0.15) is 0 Å². The van der Waals surface area contributed by atoms with Gasteiger partial charge in [0, 0.05) is 22.1 Å². The van der Waals surface area contributed by atoms with Crippen LogP contribution in [0.3, 0.4) is 0 Å². The highest BCUT2D eigenvalue weighted by atomic mass is 16.5. The molecule has 8 nitrogen and oxygen atoms in total. The molecule has 0 atom stereocenters. The van der Waals surface area contributed by atoms with Gasteiger partial charge in [0.05, 0.1) is 44.3 Å². The highest BCUT2D eigenvalue weighted by Gasteiger charge is 2.35. The number of benzene rings is 3. The number of ketones is 2. The van der Waals surface area contributed by atoms with E-state index in [2.05, 4.69) is 4.74 Å². The summed E-state index contributed by atoms with van der Waals surface area (Å²) in [7, 11) is 3.67. The zero-order valence-corrected chi connectivity index (χ0v) is 17.5. The number of phenols is 1. The van der Waals surface area contributed by atoms with Crippen LogP contribution in [0, 0.1) is 0 Å². The van der Waals surface area contributed by atoms with Crippen molar-refractivity contribution in [2.24, 2.45) is 0 Å². The predicted molar refractivity (Wildman–Crippen MR) is 113 cm³/mol. The second-order valence-electron chi connectivity index (χ2n) is 7.13. The monoisotopic (exact) mass is 434 g/mol. The molecule has 1 N–H and O–H groups in total. The van der Waals surface area contributed by atoms with E-state index < -0.39 is 23.5 Å². The van der Waals surface area contributed by atoms with Gasteiger partial charge in [0.2, 0.25) is 0 Å². The average Bonchev–Trinajstić information content (AvgIpc) is 2.80. The Hall–Kier alpha value is -4.20. The third kappa shape index (κ3) is 2.99. The van der Waals surface area contributed by atoms with E-state index in [1.54, 1.807) is 24.3 Å². The Morgan fingerprint density at radius 3 is 2.16 bits per heavy atom. The SMILES string of the molecule is COC(=O)Cc1cc(O)c2c(OC)c3c(cc2c1C(=O)OC)C(=O)c1ccccc1C3=O. The van der Waals surface area contributed by atoms with Crippen molar-refractivity contribution >= 4 is 34.3 Å². The van der Waals surface area contributed by atoms with Gasteiger partial charge in [0.25, 0.3) is 0 Å². The fourth-order valence-electron chi connectivity index (χ4n) is 4.07. The number of carbonyl (C=O) groups excluding carboxylic acids is 4. The highest BCUT2D eigenvalue weighted by Crippen LogP contribution is 2.44. The molecule has 1 aliphatic carbocycles. The van der Waals surface area contributed by atoms with Crippen LogP contribution in [0.25, 0.3) is 10.8 Å². The van der Waals surface area contributed by atoms with Gasteiger partial charge in [0.15, 0.2) is 11.6 Å². The summed E-state index contributed by atoms with van der Waals surface area (Å²) in [6.07, 6.45) is -0.320. The van der Waals surface area contributed by atoms with Crippen molar-refractivity contribution in [1.82, 2.24) is 0 Å². The number of esters is 2. The first-order valence-electron chi connectivity index (χ1n) is 9.57. The van der Waals surface area contributed by atoms with Gasteiger partial charge in [-0.05, 0) is 17.7 Å². The zero-order chi connectivity index (χ0) is 23.2. The van der Waals surface area contributed by atoms with E-state index in [0.717, 1.165) is 0 Å². The maximum atomic E-state index is 13.2. The van der Waals surface area contributed by atoms with E-state index in [4.69, 9.17) is 9.47 Å². The standard InChI is InChI=1S/C24H18O8/c1-30-17(26)9-11-8-16(25)19-14(18(11)24(29)32-3)10-15-20(23(19)31-2)22(28)13-7-5-4-6-12(13)21(15)27/h4-8,10,25H,9H2,1-3H3. The molecule has 0 bridgehead atoms. The van der Waals surface area contributed by atoms with Crippen LogP contribution in [0.4, 0.5) is 0 Å². The van der Waals surface area contributed by atoms with Crippen molar-refractivity contribution in [3.63, 3.8) is 0 Å². The molecule has 0 fully saturated rings. The average molecular weight is 434 g/mol. The van der Waals surface area contributed by atoms with Crippen molar-refractivity contribution in [3.8, 4) is 11.5 Å². The van der Waals surface area contributed by atoms with Gasteiger partial charge in [-0.15, -0.1) is 0 Å². The van der Waals surface area contributed by atoms with Gasteiger partial charge in [-0.25, -0.2) is 4.79 Å². The third-order valence-corrected chi connectivity index (χ3v) is 5.48. The maximum absolute atomic E-state index is 13.2. The molecule has 0 aromatic heterocycles. The molecule has 32 heavy (non-hydrogen) atoms. The van der Waals surface area contributed by atoms with Crippen LogP contribution in [0.1, 0.15) is 47.8 Å². The number of fused-ring (bicyclic) bond motifs is 3. The predicted octanol–water partition coefficient (Wildman–Crippen LogP) is 2.83. The molecule has 8 heteroatoms. The second kappa shape index (κ2) is 7.81. The number of aromatic hydroxyl groups is 1. The van der Waals surface area contributed by atoms with Crippen molar-refractivity contribution in [2.75, 3.05) is 21.3 Å². The van der Waals surface area contributed by atoms with Crippen molar-refractivity contribution in [3.05, 3.63) is 69.8 Å². The molecule has 0 heterocycles. The first-order chi connectivity index (χ1) is 15.3. The van der Waals surface area contributed by atoms with Gasteiger partial charge < -0.3 is 19.3 Å². The molecule has 4 rings (SSSR count). The van der Waals surface area contributed by atoms with E-state index in [1.165, 1.54) is 33.5 Å². The lowest BCUT2D eigenvalue weighted by Gasteiger charge is -2.23. The molecule has 0 amide bonds. The lowest BCUT2D eigenvalue weighted by molar-refractivity contribution is -0.139. The van der Waals surface area contributed by atoms with Crippen molar-refractivity contribution in [1.29, 1.82) is 0 Å². The minimum Gasteiger partial charge on any atom is -0.507 e. The molecule has 0 saturated carbocycles. The third-order valence-electron chi connectivity index (χ3n) is 5.48. The van der Waals surface area contributed by atoms with E-state index in [9.17, 15) is 24.3 Å². The largest absolute Gasteiger partial charge is 0.507 e. The summed E-state index contributed by atoms with van der Waals surface area (Å²) < 4.78 is 15.1. The van der Waals surface area contributed by atoms with Gasteiger partial charge in [-0.3, -0.25) is 14.4 Å². The van der Waals surface area contributed by atoms with Crippen LogP contribution < -0.4 is 4.74 Å². The summed E-state index contributed by atoms with van der Waals surface area (Å²) in [5.74, 6) is -2.66. The number of hydrogen-bond donors (Lipinski definition) is 1. The Kier molecular flexibility index (Phi) is 5.14.